The summed E-state index contributed by atoms with van der Waals surface area (Å²) in [6, 6.07) is 20.7. The predicted octanol–water partition coefficient (Wildman–Crippen LogP) is 4.06. The van der Waals surface area contributed by atoms with Crippen LogP contribution in [0.25, 0.3) is 10.8 Å². The van der Waals surface area contributed by atoms with Crippen LogP contribution in [0.4, 0.5) is 10.1 Å². The van der Waals surface area contributed by atoms with Gasteiger partial charge in [-0.1, -0.05) is 48.5 Å². The molecule has 0 aliphatic rings. The second-order valence-electron chi connectivity index (χ2n) is 5.46. The first kappa shape index (κ1) is 18.4. The summed E-state index contributed by atoms with van der Waals surface area (Å²) in [5.41, 5.74) is 9.47. The first-order valence-corrected chi connectivity index (χ1v) is 7.92. The van der Waals surface area contributed by atoms with E-state index in [1.807, 2.05) is 24.3 Å². The Morgan fingerprint density at radius 2 is 1.68 bits per heavy atom. The van der Waals surface area contributed by atoms with Crippen molar-refractivity contribution in [2.75, 3.05) is 12.1 Å². The summed E-state index contributed by atoms with van der Waals surface area (Å²) in [4.78, 5) is 14.7. The number of carbonyl (C=O) groups excluding carboxylic acids is 1. The summed E-state index contributed by atoms with van der Waals surface area (Å²) in [5.74, 6) is -0.548. The Morgan fingerprint density at radius 3 is 2.40 bits per heavy atom. The Hall–Kier alpha value is -2.92. The molecule has 3 rings (SSSR count). The number of halogens is 1. The number of rotatable bonds is 5. The molecule has 130 valence electrons. The molecule has 0 saturated heterocycles. The van der Waals surface area contributed by atoms with Gasteiger partial charge < -0.3 is 5.73 Å². The maximum absolute atomic E-state index is 12.8. The smallest absolute Gasteiger partial charge is 0.214 e. The molecule has 0 radical (unpaired) electrons. The van der Waals surface area contributed by atoms with E-state index in [0.717, 1.165) is 23.1 Å². The van der Waals surface area contributed by atoms with Gasteiger partial charge in [-0.2, -0.15) is 0 Å². The molecule has 0 fully saturated rings. The van der Waals surface area contributed by atoms with Gasteiger partial charge in [0.05, 0.1) is 12.3 Å². The van der Waals surface area contributed by atoms with E-state index in [-0.39, 0.29) is 11.7 Å². The van der Waals surface area contributed by atoms with Gasteiger partial charge in [-0.3, -0.25) is 15.1 Å². The van der Waals surface area contributed by atoms with Crippen molar-refractivity contribution in [1.82, 2.24) is 0 Å². The van der Waals surface area contributed by atoms with Gasteiger partial charge in [-0.15, -0.1) is 0 Å². The zero-order chi connectivity index (χ0) is 18.1. The van der Waals surface area contributed by atoms with Gasteiger partial charge in [0.15, 0.2) is 0 Å². The number of nitrogens with two attached hydrogens (primary N) is 1. The van der Waals surface area contributed by atoms with E-state index in [2.05, 4.69) is 29.4 Å². The zero-order valence-corrected chi connectivity index (χ0v) is 14.0. The van der Waals surface area contributed by atoms with E-state index in [1.54, 1.807) is 12.1 Å². The molecule has 0 saturated carbocycles. The van der Waals surface area contributed by atoms with Crippen molar-refractivity contribution in [3.05, 3.63) is 78.1 Å². The third-order valence-electron chi connectivity index (χ3n) is 3.38. The highest BCUT2D eigenvalue weighted by molar-refractivity contribution is 5.93. The minimum Gasteiger partial charge on any atom is -0.370 e. The van der Waals surface area contributed by atoms with E-state index >= 15 is 0 Å². The van der Waals surface area contributed by atoms with Crippen LogP contribution in [0.1, 0.15) is 12.5 Å². The quantitative estimate of drug-likeness (QED) is 0.544. The van der Waals surface area contributed by atoms with Gasteiger partial charge in [0.1, 0.15) is 5.82 Å². The lowest BCUT2D eigenvalue weighted by molar-refractivity contribution is -0.115. The number of amides is 1. The number of carbonyl (C=O) groups is 1. The van der Waals surface area contributed by atoms with Crippen molar-refractivity contribution in [3.63, 3.8) is 0 Å². The molecule has 0 aliphatic carbocycles. The number of nitrogens with one attached hydrogen (secondary N) is 1. The van der Waals surface area contributed by atoms with Crippen LogP contribution in [-0.2, 0) is 16.1 Å². The minimum atomic E-state index is -0.333. The van der Waals surface area contributed by atoms with Crippen LogP contribution in [0.3, 0.4) is 0 Å². The average molecular weight is 340 g/mol. The molecular weight excluding hydrogens is 319 g/mol. The minimum absolute atomic E-state index is 0.214. The van der Waals surface area contributed by atoms with E-state index in [9.17, 15) is 9.18 Å². The predicted molar refractivity (Wildman–Crippen MR) is 98.5 cm³/mol. The maximum atomic E-state index is 12.8. The Labute approximate surface area is 146 Å². The van der Waals surface area contributed by atoms with E-state index in [0.29, 0.717) is 6.61 Å². The van der Waals surface area contributed by atoms with Gasteiger partial charge in [-0.05, 0) is 35.6 Å². The van der Waals surface area contributed by atoms with Gasteiger partial charge >= 0.3 is 0 Å². The lowest BCUT2D eigenvalue weighted by Gasteiger charge is -2.10. The number of anilines is 1. The lowest BCUT2D eigenvalue weighted by atomic mass is 10.1. The van der Waals surface area contributed by atoms with E-state index < -0.39 is 0 Å². The molecule has 0 atom stereocenters. The summed E-state index contributed by atoms with van der Waals surface area (Å²) in [7, 11) is 0. The van der Waals surface area contributed by atoms with Gasteiger partial charge in [0.25, 0.3) is 0 Å². The number of primary amides is 1. The summed E-state index contributed by atoms with van der Waals surface area (Å²) in [6.07, 6.45) is 0.734. The fraction of sp³-hybridized carbons (Fsp3) is 0.150. The van der Waals surface area contributed by atoms with E-state index in [1.165, 1.54) is 24.4 Å². The third kappa shape index (κ3) is 6.24. The van der Waals surface area contributed by atoms with Crippen LogP contribution in [0.15, 0.2) is 66.7 Å². The highest BCUT2D eigenvalue weighted by atomic mass is 19.1. The molecule has 3 N–H and O–H groups in total. The molecular formula is C20H21FN2O2. The van der Waals surface area contributed by atoms with Crippen molar-refractivity contribution >= 4 is 22.4 Å². The number of benzene rings is 3. The van der Waals surface area contributed by atoms with Gasteiger partial charge in [0, 0.05) is 12.3 Å². The highest BCUT2D eigenvalue weighted by Crippen LogP contribution is 2.22. The number of hydrogen-bond donors (Lipinski definition) is 2. The average Bonchev–Trinajstić information content (AvgIpc) is 2.60. The fourth-order valence-corrected chi connectivity index (χ4v) is 2.26. The lowest BCUT2D eigenvalue weighted by Crippen LogP contribution is -2.05. The first-order valence-electron chi connectivity index (χ1n) is 7.92. The molecule has 0 heterocycles. The largest absolute Gasteiger partial charge is 0.370 e. The van der Waals surface area contributed by atoms with Crippen LogP contribution in [-0.4, -0.2) is 12.5 Å². The Kier molecular flexibility index (Phi) is 6.92. The molecule has 4 nitrogen and oxygen atoms in total. The molecule has 5 heteroatoms. The van der Waals surface area contributed by atoms with Crippen molar-refractivity contribution < 1.29 is 14.0 Å². The normalized spacial score (nSPS) is 10.0. The first-order chi connectivity index (χ1) is 12.1. The van der Waals surface area contributed by atoms with Crippen molar-refractivity contribution in [2.24, 2.45) is 5.73 Å². The van der Waals surface area contributed by atoms with Gasteiger partial charge in [0.2, 0.25) is 5.91 Å². The Bertz CT molecular complexity index is 810. The molecule has 3 aromatic carbocycles. The van der Waals surface area contributed by atoms with Gasteiger partial charge in [-0.25, -0.2) is 4.39 Å². The Balaban J connectivity index is 0.000000511. The van der Waals surface area contributed by atoms with Crippen molar-refractivity contribution in [2.45, 2.75) is 13.3 Å². The maximum Gasteiger partial charge on any atom is 0.214 e. The topological polar surface area (TPSA) is 64.4 Å². The number of fused-ring (bicyclic) bond motifs is 1. The molecule has 0 aliphatic heterocycles. The van der Waals surface area contributed by atoms with E-state index in [4.69, 9.17) is 4.84 Å². The number of hydrogen-bond acceptors (Lipinski definition) is 3. The summed E-state index contributed by atoms with van der Waals surface area (Å²) < 4.78 is 12.8. The van der Waals surface area contributed by atoms with Crippen LogP contribution in [0, 0.1) is 5.82 Å². The standard InChI is InChI=1S/C18H16FNO.C2H5NO/c19-16-10-8-14(9-11-16)12-13-21-20-18-7-3-5-15-4-1-2-6-17(15)18;1-2(3)4/h1-11,20H,12-13H2;1H3,(H2,3,4). The van der Waals surface area contributed by atoms with Crippen LogP contribution < -0.4 is 11.2 Å². The summed E-state index contributed by atoms with van der Waals surface area (Å²) in [5, 5.41) is 2.30. The molecule has 25 heavy (non-hydrogen) atoms. The van der Waals surface area contributed by atoms with Crippen molar-refractivity contribution in [3.8, 4) is 0 Å². The summed E-state index contributed by atoms with van der Waals surface area (Å²) in [6.45, 7) is 1.83. The van der Waals surface area contributed by atoms with Crippen LogP contribution in [0.2, 0.25) is 0 Å². The molecule has 0 bridgehead atoms. The second-order valence-corrected chi connectivity index (χ2v) is 5.46. The molecule has 1 amide bonds. The molecule has 0 spiro atoms. The SMILES string of the molecule is CC(N)=O.Fc1ccc(CCONc2cccc3ccccc23)cc1. The third-order valence-corrected chi connectivity index (χ3v) is 3.38. The second kappa shape index (κ2) is 9.39. The summed E-state index contributed by atoms with van der Waals surface area (Å²) >= 11 is 0. The monoisotopic (exact) mass is 340 g/mol. The molecule has 0 aromatic heterocycles. The molecule has 0 unspecified atom stereocenters. The van der Waals surface area contributed by atoms with Crippen LogP contribution in [0.5, 0.6) is 0 Å². The van der Waals surface area contributed by atoms with Crippen molar-refractivity contribution in [1.29, 1.82) is 0 Å². The molecule has 3 aromatic rings. The van der Waals surface area contributed by atoms with Crippen LogP contribution >= 0.6 is 0 Å². The fourth-order valence-electron chi connectivity index (χ4n) is 2.26. The highest BCUT2D eigenvalue weighted by Gasteiger charge is 2.00. The Morgan fingerprint density at radius 1 is 1.04 bits per heavy atom. The zero-order valence-electron chi connectivity index (χ0n) is 14.0.